The van der Waals surface area contributed by atoms with Crippen molar-refractivity contribution in [3.05, 3.63) is 70.3 Å². The summed E-state index contributed by atoms with van der Waals surface area (Å²) in [5, 5.41) is 13.9. The van der Waals surface area contributed by atoms with E-state index in [1.54, 1.807) is 23.1 Å². The van der Waals surface area contributed by atoms with E-state index >= 15 is 0 Å². The Morgan fingerprint density at radius 2 is 1.68 bits per heavy atom. The molecule has 1 aliphatic heterocycles. The lowest BCUT2D eigenvalue weighted by Gasteiger charge is -2.29. The summed E-state index contributed by atoms with van der Waals surface area (Å²) in [5.41, 5.74) is 3.14. The van der Waals surface area contributed by atoms with E-state index in [0.29, 0.717) is 36.9 Å². The molecule has 1 saturated heterocycles. The van der Waals surface area contributed by atoms with Crippen LogP contribution in [0, 0.1) is 12.8 Å². The third-order valence-corrected chi connectivity index (χ3v) is 7.34. The Bertz CT molecular complexity index is 1170. The largest absolute Gasteiger partial charge is 0.872 e. The van der Waals surface area contributed by atoms with E-state index in [-0.39, 0.29) is 11.0 Å². The Morgan fingerprint density at radius 3 is 2.21 bits per heavy atom. The number of rotatable bonds is 10. The van der Waals surface area contributed by atoms with Gasteiger partial charge in [-0.05, 0) is 66.5 Å². The van der Waals surface area contributed by atoms with Crippen molar-refractivity contribution < 1.29 is 24.3 Å². The normalized spacial score (nSPS) is 17.6. The lowest BCUT2D eigenvalue weighted by molar-refractivity contribution is -0.895. The first-order chi connectivity index (χ1) is 17.9. The highest BCUT2D eigenvalue weighted by atomic mass is 16.5. The molecular formula is C32H44N2O4. The van der Waals surface area contributed by atoms with Crippen molar-refractivity contribution in [1.82, 2.24) is 4.90 Å². The van der Waals surface area contributed by atoms with Gasteiger partial charge in [-0.15, -0.1) is 0 Å². The molecular weight excluding hydrogens is 476 g/mol. The van der Waals surface area contributed by atoms with Gasteiger partial charge in [0.2, 0.25) is 5.78 Å². The molecule has 0 aliphatic carbocycles. The average Bonchev–Trinajstić information content (AvgIpc) is 3.12. The van der Waals surface area contributed by atoms with Crippen LogP contribution < -0.4 is 14.7 Å². The van der Waals surface area contributed by atoms with Gasteiger partial charge in [-0.25, -0.2) is 0 Å². The summed E-state index contributed by atoms with van der Waals surface area (Å²) in [4.78, 5) is 29.6. The summed E-state index contributed by atoms with van der Waals surface area (Å²) in [5.74, 6) is -0.606. The first kappa shape index (κ1) is 29.4. The molecule has 1 unspecified atom stereocenters. The molecule has 0 radical (unpaired) electrons. The molecule has 0 spiro atoms. The lowest BCUT2D eigenvalue weighted by atomic mass is 9.85. The maximum Gasteiger partial charge on any atom is 0.295 e. The third kappa shape index (κ3) is 6.47. The summed E-state index contributed by atoms with van der Waals surface area (Å²) in [7, 11) is 0. The number of carbonyl (C=O) groups is 2. The fraction of sp³-hybridized carbons (Fsp3) is 0.500. The van der Waals surface area contributed by atoms with E-state index in [1.165, 1.54) is 4.90 Å². The van der Waals surface area contributed by atoms with E-state index in [9.17, 15) is 14.7 Å². The van der Waals surface area contributed by atoms with Crippen molar-refractivity contribution in [2.24, 2.45) is 5.92 Å². The molecule has 6 nitrogen and oxygen atoms in total. The molecule has 3 rings (SSSR count). The van der Waals surface area contributed by atoms with Crippen LogP contribution in [-0.2, 0) is 15.0 Å². The summed E-state index contributed by atoms with van der Waals surface area (Å²) in [6, 6.07) is 12.5. The van der Waals surface area contributed by atoms with Crippen molar-refractivity contribution in [2.45, 2.75) is 66.8 Å². The zero-order valence-corrected chi connectivity index (χ0v) is 24.3. The number of amides is 1. The Kier molecular flexibility index (Phi) is 9.42. The van der Waals surface area contributed by atoms with Gasteiger partial charge in [0.1, 0.15) is 5.75 Å². The standard InChI is InChI=1S/C32H44N2O4/c1-9-33(10-2)17-18-34-28(23-11-14-25(15-12-23)32(6,7)8)27(30(36)31(34)37)29(35)24-13-16-26(22(5)19-24)38-20-21(3)4/h11-16,19,21,28,35H,9-10,17-18,20H2,1-8H3. The number of ether oxygens (including phenoxy) is 1. The molecule has 1 aliphatic rings. The summed E-state index contributed by atoms with van der Waals surface area (Å²) in [6.45, 7) is 20.2. The second kappa shape index (κ2) is 12.2. The van der Waals surface area contributed by atoms with Gasteiger partial charge in [0.05, 0.1) is 38.8 Å². The first-order valence-electron chi connectivity index (χ1n) is 13.8. The molecule has 0 bridgehead atoms. The zero-order chi connectivity index (χ0) is 28.2. The maximum atomic E-state index is 13.9. The van der Waals surface area contributed by atoms with Crippen LogP contribution in [0.15, 0.2) is 48.0 Å². The number of quaternary nitrogens is 1. The number of hydrogen-bond acceptors (Lipinski definition) is 4. The Hall–Kier alpha value is -3.12. The van der Waals surface area contributed by atoms with E-state index in [4.69, 9.17) is 4.74 Å². The maximum absolute atomic E-state index is 13.9. The zero-order valence-electron chi connectivity index (χ0n) is 24.3. The second-order valence-corrected chi connectivity index (χ2v) is 11.7. The Labute approximate surface area is 228 Å². The van der Waals surface area contributed by atoms with Gasteiger partial charge >= 0.3 is 0 Å². The number of nitrogens with zero attached hydrogens (tertiary/aromatic N) is 1. The molecule has 2 aromatic rings. The van der Waals surface area contributed by atoms with E-state index in [1.807, 2.05) is 31.2 Å². The van der Waals surface area contributed by atoms with Crippen LogP contribution in [0.25, 0.3) is 5.76 Å². The molecule has 1 fully saturated rings. The fourth-order valence-electron chi connectivity index (χ4n) is 4.86. The molecule has 6 heteroatoms. The van der Waals surface area contributed by atoms with Crippen LogP contribution in [0.5, 0.6) is 5.75 Å². The molecule has 0 saturated carbocycles. The van der Waals surface area contributed by atoms with E-state index < -0.39 is 23.5 Å². The summed E-state index contributed by atoms with van der Waals surface area (Å²) in [6.07, 6.45) is 0. The third-order valence-electron chi connectivity index (χ3n) is 7.34. The van der Waals surface area contributed by atoms with Crippen LogP contribution in [0.4, 0.5) is 0 Å². The van der Waals surface area contributed by atoms with Crippen LogP contribution in [0.3, 0.4) is 0 Å². The molecule has 0 aromatic heterocycles. The average molecular weight is 521 g/mol. The fourth-order valence-corrected chi connectivity index (χ4v) is 4.86. The molecule has 1 atom stereocenters. The highest BCUT2D eigenvalue weighted by molar-refractivity contribution is 6.46. The topological polar surface area (TPSA) is 74.1 Å². The van der Waals surface area contributed by atoms with Crippen molar-refractivity contribution >= 4 is 17.4 Å². The van der Waals surface area contributed by atoms with Gasteiger partial charge in [-0.3, -0.25) is 9.59 Å². The summed E-state index contributed by atoms with van der Waals surface area (Å²) >= 11 is 0. The molecule has 1 N–H and O–H groups in total. The molecule has 206 valence electrons. The number of benzene rings is 2. The molecule has 2 aromatic carbocycles. The smallest absolute Gasteiger partial charge is 0.295 e. The monoisotopic (exact) mass is 520 g/mol. The predicted octanol–water partition coefficient (Wildman–Crippen LogP) is 3.48. The van der Waals surface area contributed by atoms with Crippen molar-refractivity contribution in [3.8, 4) is 5.75 Å². The minimum absolute atomic E-state index is 0.0308. The SMILES string of the molecule is CC[NH+](CC)CCN1C(=O)C(=O)C(=C([O-])c2ccc(OCC(C)C)c(C)c2)C1c1ccc(C(C)(C)C)cc1. The number of aryl methyl sites for hydroxylation is 1. The highest BCUT2D eigenvalue weighted by Crippen LogP contribution is 2.39. The first-order valence-corrected chi connectivity index (χ1v) is 13.8. The van der Waals surface area contributed by atoms with E-state index in [2.05, 4.69) is 48.5 Å². The van der Waals surface area contributed by atoms with Crippen LogP contribution >= 0.6 is 0 Å². The highest BCUT2D eigenvalue weighted by Gasteiger charge is 2.44. The molecule has 1 heterocycles. The molecule has 1 amide bonds. The summed E-state index contributed by atoms with van der Waals surface area (Å²) < 4.78 is 5.87. The Balaban J connectivity index is 2.08. The number of hydrogen-bond donors (Lipinski definition) is 1. The number of Topliss-reactive ketones (excluding diaryl/α,β-unsaturated/α-hetero) is 1. The van der Waals surface area contributed by atoms with Gasteiger partial charge in [-0.1, -0.05) is 70.7 Å². The number of carbonyl (C=O) groups excluding carboxylic acids is 2. The van der Waals surface area contributed by atoms with Crippen LogP contribution in [0.2, 0.25) is 0 Å². The van der Waals surface area contributed by atoms with Crippen LogP contribution in [-0.4, -0.2) is 49.4 Å². The minimum atomic E-state index is -0.705. The van der Waals surface area contributed by atoms with Gasteiger partial charge in [0.25, 0.3) is 5.91 Å². The van der Waals surface area contributed by atoms with Gasteiger partial charge in [0.15, 0.2) is 0 Å². The number of likely N-dealkylation sites (N-methyl/N-ethyl adjacent to an activating group) is 1. The molecule has 38 heavy (non-hydrogen) atoms. The number of ketones is 1. The van der Waals surface area contributed by atoms with Crippen molar-refractivity contribution in [1.29, 1.82) is 0 Å². The van der Waals surface area contributed by atoms with Gasteiger partial charge in [-0.2, -0.15) is 0 Å². The lowest BCUT2D eigenvalue weighted by Crippen LogP contribution is -3.12. The number of likely N-dealkylation sites (tertiary alicyclic amines) is 1. The minimum Gasteiger partial charge on any atom is -0.872 e. The van der Waals surface area contributed by atoms with Crippen molar-refractivity contribution in [2.75, 3.05) is 32.8 Å². The van der Waals surface area contributed by atoms with Crippen LogP contribution in [0.1, 0.15) is 76.8 Å². The number of nitrogens with one attached hydrogen (secondary N) is 1. The second-order valence-electron chi connectivity index (χ2n) is 11.7. The van der Waals surface area contributed by atoms with E-state index in [0.717, 1.165) is 29.8 Å². The van der Waals surface area contributed by atoms with Crippen molar-refractivity contribution in [3.63, 3.8) is 0 Å². The quantitative estimate of drug-likeness (QED) is 0.296. The Morgan fingerprint density at radius 1 is 1.05 bits per heavy atom. The predicted molar refractivity (Wildman–Crippen MR) is 150 cm³/mol. The van der Waals surface area contributed by atoms with Gasteiger partial charge in [0, 0.05) is 5.57 Å². The van der Waals surface area contributed by atoms with Gasteiger partial charge < -0.3 is 19.6 Å².